The monoisotopic (exact) mass is 390 g/mol. The molecule has 0 aliphatic heterocycles. The fourth-order valence-electron chi connectivity index (χ4n) is 3.61. The smallest absolute Gasteiger partial charge is 0.324 e. The van der Waals surface area contributed by atoms with Crippen LogP contribution in [0.15, 0.2) is 48.5 Å². The van der Waals surface area contributed by atoms with Gasteiger partial charge in [-0.05, 0) is 49.1 Å². The van der Waals surface area contributed by atoms with E-state index in [-0.39, 0.29) is 11.9 Å². The summed E-state index contributed by atoms with van der Waals surface area (Å²) in [6.07, 6.45) is 0.907. The molecule has 2 aromatic carbocycles. The molecule has 1 amide bonds. The zero-order chi connectivity index (χ0) is 20.1. The van der Waals surface area contributed by atoms with Crippen molar-refractivity contribution in [3.63, 3.8) is 0 Å². The molecule has 150 valence electrons. The zero-order valence-electron chi connectivity index (χ0n) is 15.9. The van der Waals surface area contributed by atoms with Crippen molar-refractivity contribution >= 4 is 11.6 Å². The zero-order valence-corrected chi connectivity index (χ0v) is 15.9. The van der Waals surface area contributed by atoms with Gasteiger partial charge >= 0.3 is 6.18 Å². The van der Waals surface area contributed by atoms with E-state index in [4.69, 9.17) is 0 Å². The van der Waals surface area contributed by atoms with E-state index in [1.807, 2.05) is 31.2 Å². The van der Waals surface area contributed by atoms with Gasteiger partial charge < -0.3 is 5.32 Å². The molecule has 1 fully saturated rings. The highest BCUT2D eigenvalue weighted by molar-refractivity contribution is 5.96. The molecular formula is C22H25F3N2O. The summed E-state index contributed by atoms with van der Waals surface area (Å²) in [7, 11) is 0. The van der Waals surface area contributed by atoms with Gasteiger partial charge in [0, 0.05) is 11.7 Å². The highest BCUT2D eigenvalue weighted by Crippen LogP contribution is 2.31. The lowest BCUT2D eigenvalue weighted by Gasteiger charge is -2.28. The molecular weight excluding hydrogens is 365 g/mol. The Morgan fingerprint density at radius 3 is 2.25 bits per heavy atom. The van der Waals surface area contributed by atoms with Crippen LogP contribution >= 0.6 is 0 Å². The first-order valence-corrected chi connectivity index (χ1v) is 9.64. The van der Waals surface area contributed by atoms with Gasteiger partial charge in [0.05, 0.1) is 5.56 Å². The predicted octanol–water partition coefficient (Wildman–Crippen LogP) is 5.62. The number of nitrogens with one attached hydrogen (secondary N) is 2. The molecule has 0 bridgehead atoms. The van der Waals surface area contributed by atoms with E-state index in [1.54, 1.807) is 0 Å². The average Bonchev–Trinajstić information content (AvgIpc) is 2.68. The Kier molecular flexibility index (Phi) is 6.39. The topological polar surface area (TPSA) is 41.1 Å². The van der Waals surface area contributed by atoms with Crippen LogP contribution in [0.4, 0.5) is 18.9 Å². The summed E-state index contributed by atoms with van der Waals surface area (Å²) in [5.41, 5.74) is 1.45. The fourth-order valence-corrected chi connectivity index (χ4v) is 3.61. The highest BCUT2D eigenvalue weighted by atomic mass is 19.4. The number of amides is 1. The normalized spacial score (nSPS) is 16.6. The summed E-state index contributed by atoms with van der Waals surface area (Å²) in [4.78, 5) is 13.0. The summed E-state index contributed by atoms with van der Waals surface area (Å²) in [6, 6.07) is 11.8. The predicted molar refractivity (Wildman–Crippen MR) is 104 cm³/mol. The number of carbonyl (C=O) groups excluding carboxylic acids is 1. The molecule has 1 saturated carbocycles. The number of rotatable bonds is 5. The average molecular weight is 390 g/mol. The Balaban J connectivity index is 1.83. The minimum absolute atomic E-state index is 0.184. The van der Waals surface area contributed by atoms with Crippen molar-refractivity contribution in [2.75, 3.05) is 5.32 Å². The first kappa shape index (κ1) is 20.4. The van der Waals surface area contributed by atoms with Gasteiger partial charge in [0.15, 0.2) is 0 Å². The minimum atomic E-state index is -4.39. The maximum absolute atomic E-state index is 13.0. The summed E-state index contributed by atoms with van der Waals surface area (Å²) in [5.74, 6) is -0.264. The minimum Gasteiger partial charge on any atom is -0.324 e. The van der Waals surface area contributed by atoms with Crippen molar-refractivity contribution in [3.8, 4) is 0 Å². The van der Waals surface area contributed by atoms with Crippen molar-refractivity contribution in [1.29, 1.82) is 0 Å². The fraction of sp³-hybridized carbons (Fsp3) is 0.409. The number of anilines is 1. The van der Waals surface area contributed by atoms with Crippen molar-refractivity contribution < 1.29 is 18.0 Å². The summed E-state index contributed by atoms with van der Waals surface area (Å²) in [5, 5.41) is 6.30. The third-order valence-electron chi connectivity index (χ3n) is 5.24. The van der Waals surface area contributed by atoms with Crippen molar-refractivity contribution in [1.82, 2.24) is 5.32 Å². The van der Waals surface area contributed by atoms with Crippen LogP contribution in [0.3, 0.4) is 0 Å². The number of hydrogen-bond acceptors (Lipinski definition) is 2. The molecule has 3 rings (SSSR count). The Morgan fingerprint density at radius 2 is 1.64 bits per heavy atom. The van der Waals surface area contributed by atoms with Gasteiger partial charge in [-0.1, -0.05) is 49.6 Å². The molecule has 3 nitrogen and oxygen atoms in total. The molecule has 0 unspecified atom stereocenters. The molecule has 28 heavy (non-hydrogen) atoms. The lowest BCUT2D eigenvalue weighted by Crippen LogP contribution is -2.40. The molecule has 0 aromatic heterocycles. The Hall–Kier alpha value is -2.34. The van der Waals surface area contributed by atoms with Gasteiger partial charge in [0.25, 0.3) is 0 Å². The van der Waals surface area contributed by atoms with Gasteiger partial charge in [0.1, 0.15) is 6.04 Å². The van der Waals surface area contributed by atoms with Gasteiger partial charge in [-0.3, -0.25) is 10.1 Å². The van der Waals surface area contributed by atoms with Gasteiger partial charge in [-0.15, -0.1) is 0 Å². The standard InChI is InChI=1S/C22H25F3N2O/c1-15-7-5-6-10-19(15)27-21(28)20(26-18-8-3-2-4-9-18)16-11-13-17(14-12-16)22(23,24)25/h5-7,10-14,18,20,26H,2-4,8-9H2,1H3,(H,27,28)/t20-/m1/s1. The van der Waals surface area contributed by atoms with Crippen LogP contribution in [-0.2, 0) is 11.0 Å². The molecule has 0 heterocycles. The maximum Gasteiger partial charge on any atom is 0.416 e. The van der Waals surface area contributed by atoms with Crippen molar-refractivity contribution in [2.24, 2.45) is 0 Å². The van der Waals surface area contributed by atoms with Crippen LogP contribution in [0.2, 0.25) is 0 Å². The van der Waals surface area contributed by atoms with Gasteiger partial charge in [-0.2, -0.15) is 13.2 Å². The lowest BCUT2D eigenvalue weighted by molar-refractivity contribution is -0.137. The number of halogens is 3. The number of benzene rings is 2. The van der Waals surface area contributed by atoms with E-state index < -0.39 is 17.8 Å². The lowest BCUT2D eigenvalue weighted by atomic mass is 9.93. The molecule has 0 radical (unpaired) electrons. The van der Waals surface area contributed by atoms with Crippen molar-refractivity contribution in [2.45, 2.75) is 57.3 Å². The number of alkyl halides is 3. The molecule has 2 N–H and O–H groups in total. The Labute approximate surface area is 163 Å². The third-order valence-corrected chi connectivity index (χ3v) is 5.24. The number of carbonyl (C=O) groups is 1. The Morgan fingerprint density at radius 1 is 1.00 bits per heavy atom. The van der Waals surface area contributed by atoms with Crippen LogP contribution in [0, 0.1) is 6.92 Å². The van der Waals surface area contributed by atoms with Crippen LogP contribution in [0.5, 0.6) is 0 Å². The first-order chi connectivity index (χ1) is 13.3. The molecule has 0 spiro atoms. The van der Waals surface area contributed by atoms with E-state index in [1.165, 1.54) is 18.6 Å². The molecule has 1 atom stereocenters. The van der Waals surface area contributed by atoms with Crippen LogP contribution in [0.1, 0.15) is 54.8 Å². The SMILES string of the molecule is Cc1ccccc1NC(=O)[C@H](NC1CCCCC1)c1ccc(C(F)(F)F)cc1. The van der Waals surface area contributed by atoms with Crippen LogP contribution in [-0.4, -0.2) is 11.9 Å². The second-order valence-corrected chi connectivity index (χ2v) is 7.36. The largest absolute Gasteiger partial charge is 0.416 e. The molecule has 6 heteroatoms. The highest BCUT2D eigenvalue weighted by Gasteiger charge is 2.31. The van der Waals surface area contributed by atoms with E-state index >= 15 is 0 Å². The Bertz CT molecular complexity index is 796. The van der Waals surface area contributed by atoms with Crippen LogP contribution < -0.4 is 10.6 Å². The molecule has 2 aromatic rings. The molecule has 1 aliphatic rings. The van der Waals surface area contributed by atoms with Gasteiger partial charge in [-0.25, -0.2) is 0 Å². The molecule has 0 saturated heterocycles. The molecule has 1 aliphatic carbocycles. The quantitative estimate of drug-likeness (QED) is 0.696. The van der Waals surface area contributed by atoms with E-state index in [2.05, 4.69) is 10.6 Å². The van der Waals surface area contributed by atoms with E-state index in [9.17, 15) is 18.0 Å². The van der Waals surface area contributed by atoms with Crippen LogP contribution in [0.25, 0.3) is 0 Å². The number of hydrogen-bond donors (Lipinski definition) is 2. The van der Waals surface area contributed by atoms with Gasteiger partial charge in [0.2, 0.25) is 5.91 Å². The summed E-state index contributed by atoms with van der Waals surface area (Å²) >= 11 is 0. The first-order valence-electron chi connectivity index (χ1n) is 9.64. The number of para-hydroxylation sites is 1. The van der Waals surface area contributed by atoms with E-state index in [0.717, 1.165) is 43.4 Å². The van der Waals surface area contributed by atoms with Crippen molar-refractivity contribution in [3.05, 3.63) is 65.2 Å². The maximum atomic E-state index is 13.0. The second kappa shape index (κ2) is 8.78. The number of aryl methyl sites for hydroxylation is 1. The van der Waals surface area contributed by atoms with E-state index in [0.29, 0.717) is 11.3 Å². The second-order valence-electron chi connectivity index (χ2n) is 7.36. The summed E-state index contributed by atoms with van der Waals surface area (Å²) < 4.78 is 38.7. The summed E-state index contributed by atoms with van der Waals surface area (Å²) in [6.45, 7) is 1.90. The third kappa shape index (κ3) is 5.13.